The lowest BCUT2D eigenvalue weighted by Gasteiger charge is -2.19. The number of hydrogen-bond acceptors (Lipinski definition) is 5. The molecule has 0 spiro atoms. The van der Waals surface area contributed by atoms with E-state index in [2.05, 4.69) is 10.6 Å². The van der Waals surface area contributed by atoms with Gasteiger partial charge in [-0.15, -0.1) is 0 Å². The van der Waals surface area contributed by atoms with Crippen molar-refractivity contribution in [3.05, 3.63) is 48.0 Å². The van der Waals surface area contributed by atoms with Crippen molar-refractivity contribution in [3.8, 4) is 5.75 Å². The molecule has 1 saturated heterocycles. The molecule has 0 aliphatic carbocycles. The average molecular weight is 403 g/mol. The number of aryl methyl sites for hydroxylation is 1. The van der Waals surface area contributed by atoms with Gasteiger partial charge in [0.25, 0.3) is 0 Å². The number of hydrogen-bond donors (Lipinski definition) is 2. The maximum absolute atomic E-state index is 12.3. The van der Waals surface area contributed by atoms with Gasteiger partial charge in [-0.1, -0.05) is 6.07 Å². The number of nitrogens with one attached hydrogen (secondary N) is 2. The first-order valence-electron chi connectivity index (χ1n) is 8.67. The predicted octanol–water partition coefficient (Wildman–Crippen LogP) is 2.12. The van der Waals surface area contributed by atoms with Gasteiger partial charge in [0, 0.05) is 17.9 Å². The quantitative estimate of drug-likeness (QED) is 0.761. The Morgan fingerprint density at radius 1 is 1.04 bits per heavy atom. The Balaban J connectivity index is 1.72. The van der Waals surface area contributed by atoms with Gasteiger partial charge in [0.05, 0.1) is 18.6 Å². The minimum absolute atomic E-state index is 0.104. The van der Waals surface area contributed by atoms with Gasteiger partial charge in [-0.3, -0.25) is 13.9 Å². The van der Waals surface area contributed by atoms with Crippen LogP contribution in [0.3, 0.4) is 0 Å². The van der Waals surface area contributed by atoms with Gasteiger partial charge < -0.3 is 15.4 Å². The molecule has 28 heavy (non-hydrogen) atoms. The van der Waals surface area contributed by atoms with Crippen LogP contribution in [0.25, 0.3) is 0 Å². The Kier molecular flexibility index (Phi) is 5.55. The van der Waals surface area contributed by atoms with Gasteiger partial charge in [0.2, 0.25) is 10.0 Å². The molecule has 9 heteroatoms. The van der Waals surface area contributed by atoms with Crippen LogP contribution in [-0.2, 0) is 19.6 Å². The lowest BCUT2D eigenvalue weighted by Crippen LogP contribution is -2.29. The molecule has 1 aliphatic heterocycles. The zero-order valence-electron chi connectivity index (χ0n) is 15.6. The Morgan fingerprint density at radius 3 is 2.32 bits per heavy atom. The number of carbonyl (C=O) groups is 2. The number of sulfonamides is 1. The molecule has 0 radical (unpaired) electrons. The summed E-state index contributed by atoms with van der Waals surface area (Å²) in [6, 6.07) is 11.5. The number of anilines is 3. The van der Waals surface area contributed by atoms with E-state index in [4.69, 9.17) is 4.74 Å². The molecule has 3 rings (SSSR count). The Labute approximate surface area is 163 Å². The van der Waals surface area contributed by atoms with E-state index in [9.17, 15) is 18.0 Å². The lowest BCUT2D eigenvalue weighted by atomic mass is 10.1. The smallest absolute Gasteiger partial charge is 0.314 e. The summed E-state index contributed by atoms with van der Waals surface area (Å²) in [6.07, 6.45) is 0.558. The van der Waals surface area contributed by atoms with Crippen molar-refractivity contribution in [1.82, 2.24) is 0 Å². The standard InChI is InChI=1S/C19H21N3O5S/c1-13-4-7-15(22-10-3-11-28(22,25)26)12-17(13)21-19(24)18(23)20-14-5-8-16(27-2)9-6-14/h4-9,12H,3,10-11H2,1-2H3,(H,20,23)(H,21,24). The summed E-state index contributed by atoms with van der Waals surface area (Å²) >= 11 is 0. The third kappa shape index (κ3) is 4.25. The number of benzene rings is 2. The first kappa shape index (κ1) is 19.7. The number of nitrogens with zero attached hydrogens (tertiary/aromatic N) is 1. The Morgan fingerprint density at radius 2 is 1.71 bits per heavy atom. The van der Waals surface area contributed by atoms with Crippen molar-refractivity contribution in [1.29, 1.82) is 0 Å². The fourth-order valence-corrected chi connectivity index (χ4v) is 4.43. The highest BCUT2D eigenvalue weighted by molar-refractivity contribution is 7.93. The van der Waals surface area contributed by atoms with Gasteiger partial charge in [-0.05, 0) is 55.3 Å². The fourth-order valence-electron chi connectivity index (χ4n) is 2.87. The van der Waals surface area contributed by atoms with Crippen LogP contribution in [0.4, 0.5) is 17.1 Å². The van der Waals surface area contributed by atoms with Gasteiger partial charge in [-0.2, -0.15) is 0 Å². The first-order valence-corrected chi connectivity index (χ1v) is 10.3. The zero-order valence-corrected chi connectivity index (χ0v) is 16.4. The van der Waals surface area contributed by atoms with Crippen molar-refractivity contribution in [2.75, 3.05) is 34.3 Å². The van der Waals surface area contributed by atoms with E-state index in [-0.39, 0.29) is 5.75 Å². The fraction of sp³-hybridized carbons (Fsp3) is 0.263. The van der Waals surface area contributed by atoms with E-state index in [1.165, 1.54) is 11.4 Å². The molecule has 8 nitrogen and oxygen atoms in total. The highest BCUT2D eigenvalue weighted by Gasteiger charge is 2.28. The summed E-state index contributed by atoms with van der Waals surface area (Å²) in [5, 5.41) is 5.05. The molecule has 2 N–H and O–H groups in total. The van der Waals surface area contributed by atoms with E-state index < -0.39 is 21.8 Å². The van der Waals surface area contributed by atoms with Crippen LogP contribution < -0.4 is 19.7 Å². The van der Waals surface area contributed by atoms with E-state index in [1.807, 2.05) is 0 Å². The van der Waals surface area contributed by atoms with Gasteiger partial charge in [0.1, 0.15) is 5.75 Å². The highest BCUT2D eigenvalue weighted by Crippen LogP contribution is 2.28. The molecule has 2 aromatic carbocycles. The molecular weight excluding hydrogens is 382 g/mol. The summed E-state index contributed by atoms with van der Waals surface area (Å²) in [5.41, 5.74) is 2.02. The largest absolute Gasteiger partial charge is 0.497 e. The van der Waals surface area contributed by atoms with Crippen molar-refractivity contribution in [3.63, 3.8) is 0 Å². The molecule has 0 bridgehead atoms. The second-order valence-electron chi connectivity index (χ2n) is 6.38. The van der Waals surface area contributed by atoms with Crippen molar-refractivity contribution in [2.24, 2.45) is 0 Å². The molecular formula is C19H21N3O5S. The van der Waals surface area contributed by atoms with Crippen LogP contribution in [0.1, 0.15) is 12.0 Å². The van der Waals surface area contributed by atoms with Crippen LogP contribution in [0.15, 0.2) is 42.5 Å². The van der Waals surface area contributed by atoms with E-state index in [0.717, 1.165) is 0 Å². The number of methoxy groups -OCH3 is 1. The molecule has 148 valence electrons. The minimum Gasteiger partial charge on any atom is -0.497 e. The molecule has 2 aromatic rings. The predicted molar refractivity (Wildman–Crippen MR) is 107 cm³/mol. The van der Waals surface area contributed by atoms with Crippen LogP contribution >= 0.6 is 0 Å². The number of amides is 2. The third-order valence-electron chi connectivity index (χ3n) is 4.41. The molecule has 2 amide bonds. The van der Waals surface area contributed by atoms with Crippen molar-refractivity contribution < 1.29 is 22.7 Å². The third-order valence-corrected chi connectivity index (χ3v) is 6.28. The van der Waals surface area contributed by atoms with Crippen LogP contribution in [0.5, 0.6) is 5.75 Å². The summed E-state index contributed by atoms with van der Waals surface area (Å²) in [7, 11) is -1.80. The lowest BCUT2D eigenvalue weighted by molar-refractivity contribution is -0.133. The zero-order chi connectivity index (χ0) is 20.3. The second kappa shape index (κ2) is 7.89. The topological polar surface area (TPSA) is 105 Å². The molecule has 0 unspecified atom stereocenters. The Bertz CT molecular complexity index is 1000. The summed E-state index contributed by atoms with van der Waals surface area (Å²) in [4.78, 5) is 24.4. The summed E-state index contributed by atoms with van der Waals surface area (Å²) in [6.45, 7) is 2.16. The summed E-state index contributed by atoms with van der Waals surface area (Å²) < 4.78 is 30.6. The van der Waals surface area contributed by atoms with E-state index in [0.29, 0.717) is 41.3 Å². The molecule has 0 aromatic heterocycles. The SMILES string of the molecule is COc1ccc(NC(=O)C(=O)Nc2cc(N3CCCS3(=O)=O)ccc2C)cc1. The molecule has 0 saturated carbocycles. The van der Waals surface area contributed by atoms with Crippen LogP contribution in [-0.4, -0.2) is 39.6 Å². The van der Waals surface area contributed by atoms with Gasteiger partial charge in [-0.25, -0.2) is 8.42 Å². The normalized spacial score (nSPS) is 15.1. The maximum atomic E-state index is 12.3. The van der Waals surface area contributed by atoms with E-state index in [1.54, 1.807) is 49.4 Å². The molecule has 0 atom stereocenters. The maximum Gasteiger partial charge on any atom is 0.314 e. The first-order chi connectivity index (χ1) is 13.3. The molecule has 1 fully saturated rings. The number of ether oxygens (including phenoxy) is 1. The highest BCUT2D eigenvalue weighted by atomic mass is 32.2. The molecule has 1 aliphatic rings. The van der Waals surface area contributed by atoms with E-state index >= 15 is 0 Å². The van der Waals surface area contributed by atoms with Gasteiger partial charge in [0.15, 0.2) is 0 Å². The monoisotopic (exact) mass is 403 g/mol. The Hall–Kier alpha value is -3.07. The van der Waals surface area contributed by atoms with Crippen LogP contribution in [0.2, 0.25) is 0 Å². The van der Waals surface area contributed by atoms with Gasteiger partial charge >= 0.3 is 11.8 Å². The van der Waals surface area contributed by atoms with Crippen molar-refractivity contribution >= 4 is 38.9 Å². The number of carbonyl (C=O) groups excluding carboxylic acids is 2. The molecule has 1 heterocycles. The minimum atomic E-state index is -3.33. The second-order valence-corrected chi connectivity index (χ2v) is 8.39. The number of rotatable bonds is 4. The average Bonchev–Trinajstić information content (AvgIpc) is 3.03. The van der Waals surface area contributed by atoms with Crippen LogP contribution in [0, 0.1) is 6.92 Å². The summed E-state index contributed by atoms with van der Waals surface area (Å²) in [5.74, 6) is -0.941. The van der Waals surface area contributed by atoms with Crippen molar-refractivity contribution in [2.45, 2.75) is 13.3 Å².